The molecule has 0 atom stereocenters. The summed E-state index contributed by atoms with van der Waals surface area (Å²) >= 11 is 0. The summed E-state index contributed by atoms with van der Waals surface area (Å²) in [5.74, 6) is -0.0780. The van der Waals surface area contributed by atoms with Gasteiger partial charge in [0, 0.05) is 29.6 Å². The van der Waals surface area contributed by atoms with Crippen LogP contribution in [0.1, 0.15) is 35.7 Å². The summed E-state index contributed by atoms with van der Waals surface area (Å²) in [4.78, 5) is 27.7. The Balaban J connectivity index is 1.66. The first-order valence-corrected chi connectivity index (χ1v) is 7.79. The maximum absolute atomic E-state index is 12.0. The highest BCUT2D eigenvalue weighted by atomic mass is 16.2. The van der Waals surface area contributed by atoms with Crippen LogP contribution in [-0.2, 0) is 4.79 Å². The lowest BCUT2D eigenvalue weighted by molar-refractivity contribution is -0.117. The second kappa shape index (κ2) is 7.04. The van der Waals surface area contributed by atoms with Crippen molar-refractivity contribution >= 4 is 23.2 Å². The molecule has 1 fully saturated rings. The Morgan fingerprint density at radius 2 is 1.88 bits per heavy atom. The summed E-state index contributed by atoms with van der Waals surface area (Å²) in [6.45, 7) is 1.80. The molecule has 24 heavy (non-hydrogen) atoms. The molecule has 0 spiro atoms. The van der Waals surface area contributed by atoms with E-state index >= 15 is 0 Å². The zero-order valence-electron chi connectivity index (χ0n) is 13.3. The molecule has 0 aliphatic heterocycles. The average Bonchev–Trinajstić information content (AvgIpc) is 3.45. The van der Waals surface area contributed by atoms with Gasteiger partial charge in [-0.15, -0.1) is 0 Å². The monoisotopic (exact) mass is 322 g/mol. The number of anilines is 1. The number of aromatic nitrogens is 1. The van der Waals surface area contributed by atoms with E-state index in [1.807, 2.05) is 24.3 Å². The molecule has 1 heterocycles. The minimum absolute atomic E-state index is 0.0627. The van der Waals surface area contributed by atoms with Gasteiger partial charge in [0.05, 0.1) is 5.71 Å². The first-order valence-electron chi connectivity index (χ1n) is 7.79. The molecule has 0 saturated heterocycles. The molecule has 6 nitrogen and oxygen atoms in total. The maximum atomic E-state index is 12.0. The largest absolute Gasteiger partial charge is 0.326 e. The van der Waals surface area contributed by atoms with Gasteiger partial charge < -0.3 is 5.32 Å². The van der Waals surface area contributed by atoms with E-state index in [1.54, 1.807) is 31.5 Å². The highest BCUT2D eigenvalue weighted by molar-refractivity contribution is 6.02. The van der Waals surface area contributed by atoms with Crippen molar-refractivity contribution < 1.29 is 9.59 Å². The first kappa shape index (κ1) is 15.9. The Morgan fingerprint density at radius 1 is 1.12 bits per heavy atom. The lowest BCUT2D eigenvalue weighted by Crippen LogP contribution is -2.19. The molecule has 122 valence electrons. The van der Waals surface area contributed by atoms with Gasteiger partial charge in [0.15, 0.2) is 0 Å². The second-order valence-electron chi connectivity index (χ2n) is 5.72. The molecule has 3 rings (SSSR count). The standard InChI is InChI=1S/C18H18N4O2/c1-12(21-22-18(24)14-7-9-19-10-8-14)15-3-2-4-16(11-15)20-17(23)13-5-6-13/h2-4,7-11,13H,5-6H2,1H3,(H,20,23)(H,22,24)/b21-12+. The third-order valence-electron chi connectivity index (χ3n) is 3.76. The number of rotatable bonds is 5. The summed E-state index contributed by atoms with van der Waals surface area (Å²) in [6, 6.07) is 10.7. The molecular formula is C18H18N4O2. The van der Waals surface area contributed by atoms with Crippen molar-refractivity contribution in [2.45, 2.75) is 19.8 Å². The predicted molar refractivity (Wildman–Crippen MR) is 91.7 cm³/mol. The number of hydrogen-bond donors (Lipinski definition) is 2. The van der Waals surface area contributed by atoms with Crippen LogP contribution < -0.4 is 10.7 Å². The Morgan fingerprint density at radius 3 is 2.58 bits per heavy atom. The third-order valence-corrected chi connectivity index (χ3v) is 3.76. The number of hydrogen-bond acceptors (Lipinski definition) is 4. The van der Waals surface area contributed by atoms with Gasteiger partial charge in [0.1, 0.15) is 0 Å². The quantitative estimate of drug-likeness (QED) is 0.655. The normalized spacial score (nSPS) is 14.1. The van der Waals surface area contributed by atoms with Crippen LogP contribution in [0.5, 0.6) is 0 Å². The number of benzene rings is 1. The fourth-order valence-corrected chi connectivity index (χ4v) is 2.18. The minimum atomic E-state index is -0.296. The molecule has 1 saturated carbocycles. The molecule has 1 aliphatic rings. The molecule has 1 aliphatic carbocycles. The fraction of sp³-hybridized carbons (Fsp3) is 0.222. The van der Waals surface area contributed by atoms with Crippen LogP contribution >= 0.6 is 0 Å². The molecule has 0 unspecified atom stereocenters. The predicted octanol–water partition coefficient (Wildman–Crippen LogP) is 2.58. The van der Waals surface area contributed by atoms with Gasteiger partial charge >= 0.3 is 0 Å². The molecule has 6 heteroatoms. The van der Waals surface area contributed by atoms with E-state index in [9.17, 15) is 9.59 Å². The minimum Gasteiger partial charge on any atom is -0.326 e. The van der Waals surface area contributed by atoms with Crippen LogP contribution in [0, 0.1) is 5.92 Å². The Kier molecular flexibility index (Phi) is 4.65. The van der Waals surface area contributed by atoms with Crippen molar-refractivity contribution in [3.05, 3.63) is 59.9 Å². The highest BCUT2D eigenvalue weighted by Crippen LogP contribution is 2.30. The van der Waals surface area contributed by atoms with Crippen molar-refractivity contribution in [3.8, 4) is 0 Å². The average molecular weight is 322 g/mol. The van der Waals surface area contributed by atoms with E-state index in [0.29, 0.717) is 11.3 Å². The van der Waals surface area contributed by atoms with Gasteiger partial charge in [0.2, 0.25) is 5.91 Å². The Labute approximate surface area is 140 Å². The van der Waals surface area contributed by atoms with Gasteiger partial charge in [-0.3, -0.25) is 14.6 Å². The van der Waals surface area contributed by atoms with Gasteiger partial charge in [0.25, 0.3) is 5.91 Å². The van der Waals surface area contributed by atoms with Gasteiger partial charge in [-0.05, 0) is 49.6 Å². The van der Waals surface area contributed by atoms with Crippen LogP contribution in [0.15, 0.2) is 53.9 Å². The second-order valence-corrected chi connectivity index (χ2v) is 5.72. The Bertz CT molecular complexity index is 783. The SMILES string of the molecule is C/C(=N\NC(=O)c1ccncc1)c1cccc(NC(=O)C2CC2)c1. The van der Waals surface area contributed by atoms with Crippen LogP contribution in [0.4, 0.5) is 5.69 Å². The van der Waals surface area contributed by atoms with Crippen LogP contribution in [-0.4, -0.2) is 22.5 Å². The fourth-order valence-electron chi connectivity index (χ4n) is 2.18. The molecule has 2 amide bonds. The van der Waals surface area contributed by atoms with E-state index in [0.717, 1.165) is 24.1 Å². The number of carbonyl (C=O) groups is 2. The topological polar surface area (TPSA) is 83.4 Å². The van der Waals surface area contributed by atoms with Crippen molar-refractivity contribution in [2.24, 2.45) is 11.0 Å². The number of amides is 2. The third kappa shape index (κ3) is 4.04. The number of nitrogens with one attached hydrogen (secondary N) is 2. The van der Waals surface area contributed by atoms with Gasteiger partial charge in [-0.2, -0.15) is 5.10 Å². The van der Waals surface area contributed by atoms with Crippen molar-refractivity contribution in [1.29, 1.82) is 0 Å². The summed E-state index contributed by atoms with van der Waals surface area (Å²) in [6.07, 6.45) is 5.04. The lowest BCUT2D eigenvalue weighted by Gasteiger charge is -2.07. The van der Waals surface area contributed by atoms with Crippen molar-refractivity contribution in [3.63, 3.8) is 0 Å². The molecule has 1 aromatic carbocycles. The summed E-state index contributed by atoms with van der Waals surface area (Å²) in [7, 11) is 0. The van der Waals surface area contributed by atoms with Gasteiger partial charge in [-0.25, -0.2) is 5.43 Å². The van der Waals surface area contributed by atoms with E-state index in [1.165, 1.54) is 0 Å². The van der Waals surface area contributed by atoms with E-state index in [-0.39, 0.29) is 17.7 Å². The summed E-state index contributed by atoms with van der Waals surface area (Å²) in [5, 5.41) is 7.02. The molecule has 2 N–H and O–H groups in total. The van der Waals surface area contributed by atoms with Crippen LogP contribution in [0.3, 0.4) is 0 Å². The first-order chi connectivity index (χ1) is 11.6. The summed E-state index contributed by atoms with van der Waals surface area (Å²) in [5.41, 5.74) is 5.23. The molecular weight excluding hydrogens is 304 g/mol. The molecule has 2 aromatic rings. The molecule has 0 bridgehead atoms. The van der Waals surface area contributed by atoms with Gasteiger partial charge in [-0.1, -0.05) is 12.1 Å². The smallest absolute Gasteiger partial charge is 0.271 e. The van der Waals surface area contributed by atoms with E-state index < -0.39 is 0 Å². The van der Waals surface area contributed by atoms with E-state index in [4.69, 9.17) is 0 Å². The van der Waals surface area contributed by atoms with E-state index in [2.05, 4.69) is 20.8 Å². The van der Waals surface area contributed by atoms with Crippen LogP contribution in [0.2, 0.25) is 0 Å². The highest BCUT2D eigenvalue weighted by Gasteiger charge is 2.29. The summed E-state index contributed by atoms with van der Waals surface area (Å²) < 4.78 is 0. The van der Waals surface area contributed by atoms with Crippen molar-refractivity contribution in [2.75, 3.05) is 5.32 Å². The zero-order valence-corrected chi connectivity index (χ0v) is 13.3. The lowest BCUT2D eigenvalue weighted by atomic mass is 10.1. The van der Waals surface area contributed by atoms with Crippen molar-refractivity contribution in [1.82, 2.24) is 10.4 Å². The van der Waals surface area contributed by atoms with Crippen LogP contribution in [0.25, 0.3) is 0 Å². The number of pyridine rings is 1. The number of carbonyl (C=O) groups excluding carboxylic acids is 2. The maximum Gasteiger partial charge on any atom is 0.271 e. The Hall–Kier alpha value is -3.02. The number of hydrazone groups is 1. The molecule has 0 radical (unpaired) electrons. The zero-order chi connectivity index (χ0) is 16.9. The molecule has 1 aromatic heterocycles. The number of nitrogens with zero attached hydrogens (tertiary/aromatic N) is 2.